The summed E-state index contributed by atoms with van der Waals surface area (Å²) in [6, 6.07) is 0. The maximum absolute atomic E-state index is 10.2. The SMILES string of the molecule is CC(C)/C=C/C(O)CC(O)CC(=O)O. The summed E-state index contributed by atoms with van der Waals surface area (Å²) >= 11 is 0. The van der Waals surface area contributed by atoms with Gasteiger partial charge in [0.05, 0.1) is 18.6 Å². The first-order valence-electron chi connectivity index (χ1n) is 4.68. The lowest BCUT2D eigenvalue weighted by molar-refractivity contribution is -0.139. The molecule has 2 unspecified atom stereocenters. The van der Waals surface area contributed by atoms with Crippen LogP contribution >= 0.6 is 0 Å². The van der Waals surface area contributed by atoms with Gasteiger partial charge < -0.3 is 15.3 Å². The topological polar surface area (TPSA) is 77.8 Å². The largest absolute Gasteiger partial charge is 0.481 e. The summed E-state index contributed by atoms with van der Waals surface area (Å²) in [4.78, 5) is 10.2. The average Bonchev–Trinajstić information content (AvgIpc) is 1.98. The second-order valence-electron chi connectivity index (χ2n) is 3.68. The molecule has 0 spiro atoms. The Hall–Kier alpha value is -0.870. The third-order valence-electron chi connectivity index (χ3n) is 1.64. The molecular formula is C10H18O4. The van der Waals surface area contributed by atoms with Crippen molar-refractivity contribution in [3.63, 3.8) is 0 Å². The second-order valence-corrected chi connectivity index (χ2v) is 3.68. The summed E-state index contributed by atoms with van der Waals surface area (Å²) < 4.78 is 0. The number of aliphatic hydroxyl groups is 2. The fourth-order valence-corrected chi connectivity index (χ4v) is 0.993. The quantitative estimate of drug-likeness (QED) is 0.556. The highest BCUT2D eigenvalue weighted by molar-refractivity contribution is 5.67. The van der Waals surface area contributed by atoms with Crippen molar-refractivity contribution in [1.29, 1.82) is 0 Å². The smallest absolute Gasteiger partial charge is 0.305 e. The molecule has 0 aliphatic rings. The van der Waals surface area contributed by atoms with Crippen molar-refractivity contribution in [2.75, 3.05) is 0 Å². The molecule has 0 saturated heterocycles. The lowest BCUT2D eigenvalue weighted by atomic mass is 10.1. The Bertz CT molecular complexity index is 198. The van der Waals surface area contributed by atoms with Gasteiger partial charge >= 0.3 is 5.97 Å². The highest BCUT2D eigenvalue weighted by Crippen LogP contribution is 2.05. The van der Waals surface area contributed by atoms with Gasteiger partial charge in [-0.15, -0.1) is 0 Å². The Kier molecular flexibility index (Phi) is 6.16. The number of allylic oxidation sites excluding steroid dienone is 1. The molecule has 0 saturated carbocycles. The van der Waals surface area contributed by atoms with Crippen LogP contribution in [-0.4, -0.2) is 33.5 Å². The van der Waals surface area contributed by atoms with E-state index in [1.54, 1.807) is 6.08 Å². The molecule has 82 valence electrons. The third-order valence-corrected chi connectivity index (χ3v) is 1.64. The zero-order valence-corrected chi connectivity index (χ0v) is 8.55. The van der Waals surface area contributed by atoms with E-state index < -0.39 is 18.2 Å². The van der Waals surface area contributed by atoms with Crippen LogP contribution in [0.25, 0.3) is 0 Å². The molecule has 0 radical (unpaired) electrons. The molecule has 3 N–H and O–H groups in total. The summed E-state index contributed by atoms with van der Waals surface area (Å²) in [5.41, 5.74) is 0. The molecule has 0 aliphatic heterocycles. The Morgan fingerprint density at radius 3 is 2.29 bits per heavy atom. The van der Waals surface area contributed by atoms with Gasteiger partial charge in [0.1, 0.15) is 0 Å². The molecule has 2 atom stereocenters. The Balaban J connectivity index is 3.81. The van der Waals surface area contributed by atoms with Gasteiger partial charge in [-0.3, -0.25) is 4.79 Å². The van der Waals surface area contributed by atoms with E-state index in [4.69, 9.17) is 5.11 Å². The number of hydrogen-bond donors (Lipinski definition) is 3. The van der Waals surface area contributed by atoms with Crippen LogP contribution in [0, 0.1) is 5.92 Å². The number of aliphatic carboxylic acids is 1. The van der Waals surface area contributed by atoms with E-state index in [0.717, 1.165) is 0 Å². The lowest BCUT2D eigenvalue weighted by Gasteiger charge is -2.10. The van der Waals surface area contributed by atoms with Crippen LogP contribution < -0.4 is 0 Å². The van der Waals surface area contributed by atoms with Crippen molar-refractivity contribution in [3.8, 4) is 0 Å². The van der Waals surface area contributed by atoms with E-state index in [2.05, 4.69) is 0 Å². The van der Waals surface area contributed by atoms with Crippen molar-refractivity contribution >= 4 is 5.97 Å². The predicted molar refractivity (Wildman–Crippen MR) is 52.9 cm³/mol. The fourth-order valence-electron chi connectivity index (χ4n) is 0.993. The minimum atomic E-state index is -1.06. The summed E-state index contributed by atoms with van der Waals surface area (Å²) in [7, 11) is 0. The normalized spacial score (nSPS) is 16.1. The molecule has 0 aromatic carbocycles. The molecule has 0 rings (SSSR count). The van der Waals surface area contributed by atoms with Crippen LogP contribution in [0.2, 0.25) is 0 Å². The van der Waals surface area contributed by atoms with Crippen molar-refractivity contribution in [2.45, 2.75) is 38.9 Å². The van der Waals surface area contributed by atoms with Crippen molar-refractivity contribution < 1.29 is 20.1 Å². The van der Waals surface area contributed by atoms with Crippen LogP contribution in [0.1, 0.15) is 26.7 Å². The van der Waals surface area contributed by atoms with Gasteiger partial charge in [-0.25, -0.2) is 0 Å². The molecule has 0 aliphatic carbocycles. The van der Waals surface area contributed by atoms with Crippen LogP contribution in [0.5, 0.6) is 0 Å². The number of hydrogen-bond acceptors (Lipinski definition) is 3. The van der Waals surface area contributed by atoms with Gasteiger partial charge in [0.15, 0.2) is 0 Å². The molecule has 0 heterocycles. The standard InChI is InChI=1S/C10H18O4/c1-7(2)3-4-8(11)5-9(12)6-10(13)14/h3-4,7-9,11-12H,5-6H2,1-2H3,(H,13,14)/b4-3+. The van der Waals surface area contributed by atoms with E-state index in [1.165, 1.54) is 0 Å². The first-order chi connectivity index (χ1) is 6.41. The maximum Gasteiger partial charge on any atom is 0.305 e. The van der Waals surface area contributed by atoms with Crippen LogP contribution in [0.3, 0.4) is 0 Å². The molecule has 0 aromatic heterocycles. The van der Waals surface area contributed by atoms with E-state index in [-0.39, 0.29) is 12.8 Å². The summed E-state index contributed by atoms with van der Waals surface area (Å²) in [6.07, 6.45) is 1.38. The Morgan fingerprint density at radius 1 is 1.29 bits per heavy atom. The molecule has 4 heteroatoms. The third kappa shape index (κ3) is 7.76. The second kappa shape index (κ2) is 6.56. The average molecular weight is 202 g/mol. The zero-order valence-electron chi connectivity index (χ0n) is 8.55. The van der Waals surface area contributed by atoms with Gasteiger partial charge in [-0.2, -0.15) is 0 Å². The monoisotopic (exact) mass is 202 g/mol. The maximum atomic E-state index is 10.2. The number of carboxylic acids is 1. The molecular weight excluding hydrogens is 184 g/mol. The van der Waals surface area contributed by atoms with E-state index in [9.17, 15) is 15.0 Å². The summed E-state index contributed by atoms with van der Waals surface area (Å²) in [6.45, 7) is 3.94. The molecule has 0 aromatic rings. The molecule has 4 nitrogen and oxygen atoms in total. The molecule has 0 bridgehead atoms. The van der Waals surface area contributed by atoms with Crippen molar-refractivity contribution in [1.82, 2.24) is 0 Å². The van der Waals surface area contributed by atoms with Gasteiger partial charge in [0.25, 0.3) is 0 Å². The van der Waals surface area contributed by atoms with Gasteiger partial charge in [-0.1, -0.05) is 26.0 Å². The van der Waals surface area contributed by atoms with Gasteiger partial charge in [0, 0.05) is 6.42 Å². The molecule has 0 fully saturated rings. The highest BCUT2D eigenvalue weighted by atomic mass is 16.4. The number of rotatable bonds is 6. The first-order valence-corrected chi connectivity index (χ1v) is 4.68. The van der Waals surface area contributed by atoms with E-state index in [1.807, 2.05) is 19.9 Å². The summed E-state index contributed by atoms with van der Waals surface area (Å²) in [5.74, 6) is -0.723. The van der Waals surface area contributed by atoms with E-state index in [0.29, 0.717) is 5.92 Å². The van der Waals surface area contributed by atoms with E-state index >= 15 is 0 Å². The van der Waals surface area contributed by atoms with Crippen molar-refractivity contribution in [2.24, 2.45) is 5.92 Å². The Morgan fingerprint density at radius 2 is 1.86 bits per heavy atom. The number of aliphatic hydroxyl groups excluding tert-OH is 2. The summed E-state index contributed by atoms with van der Waals surface area (Å²) in [5, 5.41) is 26.9. The number of carboxylic acid groups (broad SMARTS) is 1. The van der Waals surface area contributed by atoms with Crippen LogP contribution in [-0.2, 0) is 4.79 Å². The minimum Gasteiger partial charge on any atom is -0.481 e. The molecule has 0 amide bonds. The van der Waals surface area contributed by atoms with Gasteiger partial charge in [-0.05, 0) is 5.92 Å². The zero-order chi connectivity index (χ0) is 11.1. The van der Waals surface area contributed by atoms with Crippen LogP contribution in [0.4, 0.5) is 0 Å². The van der Waals surface area contributed by atoms with Crippen LogP contribution in [0.15, 0.2) is 12.2 Å². The highest BCUT2D eigenvalue weighted by Gasteiger charge is 2.12. The molecule has 14 heavy (non-hydrogen) atoms. The number of carbonyl (C=O) groups is 1. The predicted octanol–water partition coefficient (Wildman–Crippen LogP) is 0.785. The minimum absolute atomic E-state index is 0.0650. The van der Waals surface area contributed by atoms with Gasteiger partial charge in [0.2, 0.25) is 0 Å². The first kappa shape index (κ1) is 13.1. The lowest BCUT2D eigenvalue weighted by Crippen LogP contribution is -2.19. The fraction of sp³-hybridized carbons (Fsp3) is 0.700. The van der Waals surface area contributed by atoms with Crippen molar-refractivity contribution in [3.05, 3.63) is 12.2 Å². The Labute approximate surface area is 83.9 Å².